The molecule has 6 heteroatoms. The van der Waals surface area contributed by atoms with Crippen LogP contribution in [0.25, 0.3) is 16.5 Å². The number of hydrogen-bond donors (Lipinski definition) is 1. The highest BCUT2D eigenvalue weighted by Crippen LogP contribution is 2.42. The van der Waals surface area contributed by atoms with E-state index < -0.39 is 0 Å². The number of nitrogens with zero attached hydrogens (tertiary/aromatic N) is 3. The Hall–Kier alpha value is -2.44. The molecular weight excluding hydrogens is 378 g/mol. The van der Waals surface area contributed by atoms with Gasteiger partial charge in [0.2, 0.25) is 11.8 Å². The summed E-state index contributed by atoms with van der Waals surface area (Å²) in [4.78, 5) is 29.9. The van der Waals surface area contributed by atoms with Crippen molar-refractivity contribution in [2.75, 3.05) is 33.3 Å². The monoisotopic (exact) mass is 407 g/mol. The van der Waals surface area contributed by atoms with Crippen molar-refractivity contribution in [3.8, 4) is 0 Å². The lowest BCUT2D eigenvalue weighted by atomic mass is 9.79. The van der Waals surface area contributed by atoms with Gasteiger partial charge in [0.1, 0.15) is 0 Å². The first-order valence-corrected chi connectivity index (χ1v) is 11.0. The third-order valence-corrected chi connectivity index (χ3v) is 6.93. The molecule has 1 aromatic heterocycles. The fourth-order valence-corrected chi connectivity index (χ4v) is 5.20. The minimum absolute atomic E-state index is 0.0213. The van der Waals surface area contributed by atoms with Crippen LogP contribution < -0.4 is 0 Å². The first kappa shape index (κ1) is 19.5. The zero-order valence-corrected chi connectivity index (χ0v) is 17.7. The number of hydrogen-bond acceptors (Lipinski definition) is 4. The summed E-state index contributed by atoms with van der Waals surface area (Å²) in [6.07, 6.45) is 7.04. The molecule has 1 aromatic carbocycles. The van der Waals surface area contributed by atoms with Gasteiger partial charge < -0.3 is 10.0 Å². The quantitative estimate of drug-likeness (QED) is 0.827. The van der Waals surface area contributed by atoms with Crippen molar-refractivity contribution in [3.63, 3.8) is 0 Å². The second-order valence-electron chi connectivity index (χ2n) is 8.87. The van der Waals surface area contributed by atoms with Gasteiger partial charge in [-0.25, -0.2) is 0 Å². The number of amides is 1. The van der Waals surface area contributed by atoms with Crippen LogP contribution >= 0.6 is 0 Å². The fraction of sp³-hybridized carbons (Fsp3) is 0.500. The van der Waals surface area contributed by atoms with Crippen LogP contribution in [0.15, 0.2) is 30.5 Å². The van der Waals surface area contributed by atoms with Crippen LogP contribution in [0.3, 0.4) is 0 Å². The van der Waals surface area contributed by atoms with Crippen molar-refractivity contribution in [1.29, 1.82) is 0 Å². The molecule has 5 rings (SSSR count). The number of aromatic nitrogens is 1. The minimum Gasteiger partial charge on any atom is -0.395 e. The molecule has 6 nitrogen and oxygen atoms in total. The van der Waals surface area contributed by atoms with E-state index in [4.69, 9.17) is 0 Å². The summed E-state index contributed by atoms with van der Waals surface area (Å²) < 4.78 is 1.87. The smallest absolute Gasteiger partial charge is 0.234 e. The van der Waals surface area contributed by atoms with E-state index >= 15 is 0 Å². The van der Waals surface area contributed by atoms with Crippen LogP contribution in [-0.2, 0) is 11.2 Å². The predicted octanol–water partition coefficient (Wildman–Crippen LogP) is 2.40. The Morgan fingerprint density at radius 2 is 2.07 bits per heavy atom. The van der Waals surface area contributed by atoms with Gasteiger partial charge in [-0.05, 0) is 56.0 Å². The van der Waals surface area contributed by atoms with Gasteiger partial charge in [0, 0.05) is 43.2 Å². The van der Waals surface area contributed by atoms with E-state index in [1.165, 1.54) is 16.5 Å². The summed E-state index contributed by atoms with van der Waals surface area (Å²) >= 11 is 0. The van der Waals surface area contributed by atoms with Crippen LogP contribution in [0.4, 0.5) is 0 Å². The van der Waals surface area contributed by atoms with Gasteiger partial charge in [0.25, 0.3) is 0 Å². The summed E-state index contributed by atoms with van der Waals surface area (Å²) in [5.74, 6) is 0.241. The number of carbonyl (C=O) groups is 2. The number of carbonyl (C=O) groups excluding carboxylic acids is 2. The number of likely N-dealkylation sites (N-methyl/N-ethyl adjacent to an activating group) is 2. The second-order valence-corrected chi connectivity index (χ2v) is 8.87. The third kappa shape index (κ3) is 3.01. The molecule has 1 aliphatic heterocycles. The average Bonchev–Trinajstić information content (AvgIpc) is 3.54. The Balaban J connectivity index is 1.58. The molecule has 1 saturated carbocycles. The number of fused-ring (bicyclic) bond motifs is 2. The highest BCUT2D eigenvalue weighted by Gasteiger charge is 2.38. The first-order valence-electron chi connectivity index (χ1n) is 11.0. The lowest BCUT2D eigenvalue weighted by Gasteiger charge is -2.40. The van der Waals surface area contributed by atoms with Gasteiger partial charge in [0.05, 0.1) is 18.0 Å². The summed E-state index contributed by atoms with van der Waals surface area (Å²) in [5, 5.41) is 10.5. The number of aliphatic hydroxyl groups excluding tert-OH is 1. The second kappa shape index (κ2) is 7.36. The molecule has 0 saturated heterocycles. The van der Waals surface area contributed by atoms with Crippen LogP contribution in [0.5, 0.6) is 0 Å². The zero-order chi connectivity index (χ0) is 21.0. The van der Waals surface area contributed by atoms with E-state index in [0.717, 1.165) is 30.3 Å². The van der Waals surface area contributed by atoms with E-state index in [0.29, 0.717) is 19.6 Å². The van der Waals surface area contributed by atoms with E-state index in [1.807, 2.05) is 23.6 Å². The largest absolute Gasteiger partial charge is 0.395 e. The lowest BCUT2D eigenvalue weighted by molar-refractivity contribution is -0.135. The van der Waals surface area contributed by atoms with Crippen LogP contribution in [0.1, 0.15) is 35.7 Å². The molecule has 2 aromatic rings. The van der Waals surface area contributed by atoms with Gasteiger partial charge in [-0.1, -0.05) is 18.2 Å². The van der Waals surface area contributed by atoms with E-state index in [-0.39, 0.29) is 36.3 Å². The van der Waals surface area contributed by atoms with Crippen LogP contribution in [-0.4, -0.2) is 70.6 Å². The van der Waals surface area contributed by atoms with Crippen LogP contribution in [0.2, 0.25) is 0 Å². The maximum absolute atomic E-state index is 13.1. The molecule has 0 unspecified atom stereocenters. The molecule has 2 aliphatic carbocycles. The standard InChI is InChI=1S/C24H29N3O3/c1-3-26(9-10-28)23(29)17-11-19-18-5-4-6-20-22(18)16(12-21(19)25(2)13-17)14-27(20)24(30)15-7-8-15/h4-6,11,14-15,17,21,28H,3,7-10,12-13H2,1-2H3/t17-,21-/m1/s1. The topological polar surface area (TPSA) is 65.8 Å². The van der Waals surface area contributed by atoms with Crippen molar-refractivity contribution < 1.29 is 14.7 Å². The summed E-state index contributed by atoms with van der Waals surface area (Å²) in [7, 11) is 2.08. The fourth-order valence-electron chi connectivity index (χ4n) is 5.20. The van der Waals surface area contributed by atoms with E-state index in [1.54, 1.807) is 4.90 Å². The van der Waals surface area contributed by atoms with Crippen LogP contribution in [0, 0.1) is 11.8 Å². The van der Waals surface area contributed by atoms with Gasteiger partial charge in [-0.3, -0.25) is 19.1 Å². The lowest BCUT2D eigenvalue weighted by Crippen LogP contribution is -2.48. The average molecular weight is 408 g/mol. The number of benzene rings is 1. The van der Waals surface area contributed by atoms with Gasteiger partial charge >= 0.3 is 0 Å². The summed E-state index contributed by atoms with van der Waals surface area (Å²) in [5.41, 5.74) is 4.56. The Labute approximate surface area is 176 Å². The molecule has 1 N–H and O–H groups in total. The zero-order valence-electron chi connectivity index (χ0n) is 17.7. The molecule has 1 amide bonds. The Kier molecular flexibility index (Phi) is 4.79. The maximum Gasteiger partial charge on any atom is 0.234 e. The van der Waals surface area contributed by atoms with Crippen molar-refractivity contribution in [2.24, 2.45) is 11.8 Å². The van der Waals surface area contributed by atoms with Crippen molar-refractivity contribution in [3.05, 3.63) is 41.6 Å². The Morgan fingerprint density at radius 3 is 2.77 bits per heavy atom. The summed E-state index contributed by atoms with van der Waals surface area (Å²) in [6, 6.07) is 6.41. The third-order valence-electron chi connectivity index (χ3n) is 6.93. The van der Waals surface area contributed by atoms with E-state index in [9.17, 15) is 14.7 Å². The molecule has 3 aliphatic rings. The SMILES string of the molecule is CCN(CCO)C(=O)[C@@H]1C=C2c3cccc4c3c(cn4C(=O)C3CC3)C[C@H]2N(C)C1. The van der Waals surface area contributed by atoms with Crippen molar-refractivity contribution in [2.45, 2.75) is 32.2 Å². The molecule has 0 spiro atoms. The molecular formula is C24H29N3O3. The molecule has 30 heavy (non-hydrogen) atoms. The molecule has 0 radical (unpaired) electrons. The molecule has 2 heterocycles. The predicted molar refractivity (Wildman–Crippen MR) is 116 cm³/mol. The number of aliphatic hydroxyl groups is 1. The normalized spacial score (nSPS) is 23.2. The first-order chi connectivity index (χ1) is 14.5. The number of rotatable bonds is 5. The van der Waals surface area contributed by atoms with Gasteiger partial charge in [-0.2, -0.15) is 0 Å². The van der Waals surface area contributed by atoms with Gasteiger partial charge in [-0.15, -0.1) is 0 Å². The van der Waals surface area contributed by atoms with Crippen molar-refractivity contribution >= 4 is 28.3 Å². The molecule has 0 bridgehead atoms. The molecule has 2 atom stereocenters. The summed E-state index contributed by atoms with van der Waals surface area (Å²) in [6.45, 7) is 3.56. The Bertz CT molecular complexity index is 1050. The molecule has 158 valence electrons. The van der Waals surface area contributed by atoms with Crippen molar-refractivity contribution in [1.82, 2.24) is 14.4 Å². The Morgan fingerprint density at radius 1 is 1.27 bits per heavy atom. The maximum atomic E-state index is 13.1. The highest BCUT2D eigenvalue weighted by molar-refractivity contribution is 6.04. The highest BCUT2D eigenvalue weighted by atomic mass is 16.3. The van der Waals surface area contributed by atoms with Gasteiger partial charge in [0.15, 0.2) is 0 Å². The van der Waals surface area contributed by atoms with E-state index in [2.05, 4.69) is 30.3 Å². The molecule has 1 fully saturated rings. The minimum atomic E-state index is -0.222.